The molecule has 0 aliphatic carbocycles. The Morgan fingerprint density at radius 3 is 2.31 bits per heavy atom. The fourth-order valence-electron chi connectivity index (χ4n) is 4.69. The topological polar surface area (TPSA) is 96.2 Å². The number of aromatic hydroxyl groups is 3. The van der Waals surface area contributed by atoms with Crippen LogP contribution in [0.1, 0.15) is 27.0 Å². The summed E-state index contributed by atoms with van der Waals surface area (Å²) in [6.07, 6.45) is 0. The Morgan fingerprint density at radius 2 is 1.50 bits per heavy atom. The Bertz CT molecular complexity index is 1430. The van der Waals surface area contributed by atoms with Crippen LogP contribution in [0.4, 0.5) is 0 Å². The van der Waals surface area contributed by atoms with Crippen LogP contribution in [-0.4, -0.2) is 21.3 Å². The van der Waals surface area contributed by atoms with Crippen LogP contribution in [0.15, 0.2) is 78.9 Å². The molecule has 0 saturated carbocycles. The predicted molar refractivity (Wildman–Crippen MR) is 115 cm³/mol. The quantitative estimate of drug-likeness (QED) is 0.293. The molecule has 1 atom stereocenters. The van der Waals surface area contributed by atoms with Gasteiger partial charge in [-0.1, -0.05) is 48.5 Å². The number of hydrogen-bond donors (Lipinski definition) is 3. The van der Waals surface area contributed by atoms with Crippen molar-refractivity contribution < 1.29 is 29.6 Å². The van der Waals surface area contributed by atoms with Crippen molar-refractivity contribution >= 4 is 5.97 Å². The summed E-state index contributed by atoms with van der Waals surface area (Å²) in [5, 5.41) is 31.6. The lowest BCUT2D eigenvalue weighted by atomic mass is 9.74. The molecule has 0 aromatic heterocycles. The molecule has 1 unspecified atom stereocenters. The number of rotatable bonds is 1. The van der Waals surface area contributed by atoms with Gasteiger partial charge in [-0.3, -0.25) is 0 Å². The number of benzene rings is 4. The highest BCUT2D eigenvalue weighted by Gasteiger charge is 2.55. The highest BCUT2D eigenvalue weighted by molar-refractivity contribution is 5.98. The number of ether oxygens (including phenoxy) is 2. The van der Waals surface area contributed by atoms with Crippen molar-refractivity contribution in [3.8, 4) is 39.9 Å². The highest BCUT2D eigenvalue weighted by Crippen LogP contribution is 2.61. The lowest BCUT2D eigenvalue weighted by molar-refractivity contribution is 0.0225. The monoisotopic (exact) mass is 424 g/mol. The summed E-state index contributed by atoms with van der Waals surface area (Å²) < 4.78 is 12.2. The second-order valence-corrected chi connectivity index (χ2v) is 7.76. The van der Waals surface area contributed by atoms with Gasteiger partial charge in [0.05, 0.1) is 11.1 Å². The number of phenols is 3. The molecule has 0 saturated heterocycles. The standard InChI is InChI=1S/C26H16O6/c27-15-10-11-18-20(12-15)31-21-13-19(28)24(29)22(14-6-2-1-3-7-14)23(21)26(18)17-9-5-4-8-16(17)25(30)32-26/h1-13,27-29H. The summed E-state index contributed by atoms with van der Waals surface area (Å²) in [5.74, 6) is -0.766. The van der Waals surface area contributed by atoms with Gasteiger partial charge in [0.25, 0.3) is 0 Å². The Balaban J connectivity index is 1.80. The van der Waals surface area contributed by atoms with Crippen molar-refractivity contribution in [1.82, 2.24) is 0 Å². The van der Waals surface area contributed by atoms with Crippen LogP contribution in [0.5, 0.6) is 28.7 Å². The Morgan fingerprint density at radius 1 is 0.750 bits per heavy atom. The van der Waals surface area contributed by atoms with Crippen LogP contribution in [-0.2, 0) is 10.3 Å². The van der Waals surface area contributed by atoms with E-state index in [9.17, 15) is 20.1 Å². The number of fused-ring (bicyclic) bond motifs is 6. The van der Waals surface area contributed by atoms with E-state index in [1.165, 1.54) is 18.2 Å². The van der Waals surface area contributed by atoms with E-state index in [4.69, 9.17) is 9.47 Å². The van der Waals surface area contributed by atoms with E-state index >= 15 is 0 Å². The molecule has 0 amide bonds. The molecule has 2 aliphatic rings. The molecule has 156 valence electrons. The molecule has 4 aromatic rings. The van der Waals surface area contributed by atoms with Crippen molar-refractivity contribution in [2.24, 2.45) is 0 Å². The third kappa shape index (κ3) is 2.26. The maximum absolute atomic E-state index is 13.0. The zero-order valence-electron chi connectivity index (χ0n) is 16.6. The minimum atomic E-state index is -1.44. The SMILES string of the molecule is O=C1OC2(c3ccc(O)cc3Oc3cc(O)c(O)c(-c4ccccc4)c32)c2ccccc21. The van der Waals surface area contributed by atoms with Gasteiger partial charge in [0.2, 0.25) is 0 Å². The number of phenolic OH excluding ortho intramolecular Hbond substituents is 3. The Kier molecular flexibility index (Phi) is 3.60. The summed E-state index contributed by atoms with van der Waals surface area (Å²) in [4.78, 5) is 13.0. The molecule has 6 nitrogen and oxygen atoms in total. The number of carbonyl (C=O) groups is 1. The van der Waals surface area contributed by atoms with Crippen molar-refractivity contribution in [1.29, 1.82) is 0 Å². The van der Waals surface area contributed by atoms with Gasteiger partial charge in [-0.05, 0) is 23.8 Å². The zero-order valence-corrected chi connectivity index (χ0v) is 16.6. The lowest BCUT2D eigenvalue weighted by Gasteiger charge is -2.38. The van der Waals surface area contributed by atoms with E-state index in [0.717, 1.165) is 0 Å². The van der Waals surface area contributed by atoms with Gasteiger partial charge in [0, 0.05) is 28.8 Å². The predicted octanol–water partition coefficient (Wildman–Crippen LogP) is 5.04. The number of hydrogen-bond acceptors (Lipinski definition) is 6. The fraction of sp³-hybridized carbons (Fsp3) is 0.0385. The van der Waals surface area contributed by atoms with Gasteiger partial charge in [0.1, 0.15) is 17.2 Å². The molecular formula is C26H16O6. The van der Waals surface area contributed by atoms with Crippen molar-refractivity contribution in [3.05, 3.63) is 101 Å². The Labute approximate surface area is 182 Å². The first kappa shape index (κ1) is 18.3. The summed E-state index contributed by atoms with van der Waals surface area (Å²) in [5.41, 5.74) is 1.35. The third-order valence-electron chi connectivity index (χ3n) is 5.99. The van der Waals surface area contributed by atoms with Gasteiger partial charge in [-0.25, -0.2) is 4.79 Å². The van der Waals surface area contributed by atoms with Gasteiger partial charge in [-0.2, -0.15) is 0 Å². The minimum absolute atomic E-state index is 0.0220. The molecule has 6 rings (SSSR count). The van der Waals surface area contributed by atoms with Crippen molar-refractivity contribution in [2.45, 2.75) is 5.60 Å². The van der Waals surface area contributed by atoms with E-state index in [2.05, 4.69) is 0 Å². The van der Waals surface area contributed by atoms with Crippen molar-refractivity contribution in [2.75, 3.05) is 0 Å². The lowest BCUT2D eigenvalue weighted by Crippen LogP contribution is -2.33. The normalized spacial score (nSPS) is 17.8. The first-order chi connectivity index (χ1) is 15.5. The molecule has 0 fully saturated rings. The average Bonchev–Trinajstić information content (AvgIpc) is 3.09. The van der Waals surface area contributed by atoms with E-state index in [1.54, 1.807) is 42.5 Å². The average molecular weight is 424 g/mol. The molecule has 0 bridgehead atoms. The molecule has 1 spiro atoms. The van der Waals surface area contributed by atoms with Crippen LogP contribution < -0.4 is 4.74 Å². The van der Waals surface area contributed by atoms with Crippen LogP contribution in [0.25, 0.3) is 11.1 Å². The summed E-state index contributed by atoms with van der Waals surface area (Å²) in [7, 11) is 0. The first-order valence-electron chi connectivity index (χ1n) is 9.99. The van der Waals surface area contributed by atoms with Gasteiger partial charge >= 0.3 is 5.97 Å². The molecule has 4 aromatic carbocycles. The second-order valence-electron chi connectivity index (χ2n) is 7.76. The molecular weight excluding hydrogens is 408 g/mol. The second kappa shape index (κ2) is 6.28. The van der Waals surface area contributed by atoms with Crippen LogP contribution in [0.3, 0.4) is 0 Å². The van der Waals surface area contributed by atoms with Gasteiger partial charge in [-0.15, -0.1) is 0 Å². The minimum Gasteiger partial charge on any atom is -0.508 e. The fourth-order valence-corrected chi connectivity index (χ4v) is 4.69. The van der Waals surface area contributed by atoms with E-state index in [1.807, 2.05) is 18.2 Å². The first-order valence-corrected chi connectivity index (χ1v) is 9.99. The smallest absolute Gasteiger partial charge is 0.340 e. The summed E-state index contributed by atoms with van der Waals surface area (Å²) in [6, 6.07) is 21.9. The van der Waals surface area contributed by atoms with E-state index < -0.39 is 11.6 Å². The van der Waals surface area contributed by atoms with Crippen LogP contribution in [0.2, 0.25) is 0 Å². The molecule has 6 heteroatoms. The number of carbonyl (C=O) groups excluding carboxylic acids is 1. The number of esters is 1. The van der Waals surface area contributed by atoms with E-state index in [0.29, 0.717) is 33.4 Å². The van der Waals surface area contributed by atoms with Gasteiger partial charge < -0.3 is 24.8 Å². The third-order valence-corrected chi connectivity index (χ3v) is 5.99. The molecule has 2 heterocycles. The highest BCUT2D eigenvalue weighted by atomic mass is 16.6. The molecule has 2 aliphatic heterocycles. The van der Waals surface area contributed by atoms with E-state index in [-0.39, 0.29) is 28.7 Å². The molecule has 0 radical (unpaired) electrons. The molecule has 32 heavy (non-hydrogen) atoms. The van der Waals surface area contributed by atoms with Crippen LogP contribution >= 0.6 is 0 Å². The maximum atomic E-state index is 13.0. The van der Waals surface area contributed by atoms with Crippen molar-refractivity contribution in [3.63, 3.8) is 0 Å². The maximum Gasteiger partial charge on any atom is 0.340 e. The summed E-state index contributed by atoms with van der Waals surface area (Å²) in [6.45, 7) is 0. The molecule has 3 N–H and O–H groups in total. The zero-order chi connectivity index (χ0) is 22.0. The largest absolute Gasteiger partial charge is 0.508 e. The van der Waals surface area contributed by atoms with Crippen LogP contribution in [0, 0.1) is 0 Å². The summed E-state index contributed by atoms with van der Waals surface area (Å²) >= 11 is 0. The Hall–Kier alpha value is -4.45. The van der Waals surface area contributed by atoms with Gasteiger partial charge in [0.15, 0.2) is 17.1 Å².